The first-order valence-electron chi connectivity index (χ1n) is 21.6. The van der Waals surface area contributed by atoms with Crippen LogP contribution in [0.2, 0.25) is 0 Å². The molecule has 3 amide bonds. The molecule has 73 heavy (non-hydrogen) atoms. The first kappa shape index (κ1) is 48.7. The Labute approximate surface area is 414 Å². The van der Waals surface area contributed by atoms with Crippen LogP contribution in [0.4, 0.5) is 37.5 Å². The number of nitriles is 2. The molecule has 0 fully saturated rings. The molecule has 0 aliphatic rings. The Balaban J connectivity index is 0.917. The van der Waals surface area contributed by atoms with Gasteiger partial charge in [-0.15, -0.1) is 0 Å². The molecule has 2 aromatic heterocycles. The lowest BCUT2D eigenvalue weighted by Gasteiger charge is -2.15. The summed E-state index contributed by atoms with van der Waals surface area (Å²) >= 11 is 0. The Morgan fingerprint density at radius 1 is 0.630 bits per heavy atom. The lowest BCUT2D eigenvalue weighted by molar-refractivity contribution is -0.113. The first-order chi connectivity index (χ1) is 35.4. The number of carbonyl (C=O) groups excluding carboxylic acids is 3. The standard InChI is InChI=1S/C54H37F2N11O6/c1-31(26-57)50(68)66-38-12-6-15-41(24-38)73-54-45(49(60)62-30-64-54)42-20-21-43(47(56)46(42)55)71-28-33-9-5-8-32(22-33)23-36(27-58)52(70)67-39-13-7-14-40(25-39)72-53-44(48(59)61-29-63-53)34-16-18-35(19-17-34)51(69)65-37-10-3-2-4-11-37/h2-25,29-30H,1,28H2,(H,65,69)(H,66,68)(H,67,70)(H2,59,61,63)(H2,60,62,64). The molecule has 8 aromatic rings. The van der Waals surface area contributed by atoms with E-state index in [0.717, 1.165) is 6.33 Å². The van der Waals surface area contributed by atoms with Crippen molar-refractivity contribution < 1.29 is 37.4 Å². The summed E-state index contributed by atoms with van der Waals surface area (Å²) < 4.78 is 49.2. The third-order valence-corrected chi connectivity index (χ3v) is 10.5. The fourth-order valence-electron chi connectivity index (χ4n) is 7.00. The number of halogens is 2. The minimum absolute atomic E-state index is 0.104. The number of anilines is 5. The summed E-state index contributed by atoms with van der Waals surface area (Å²) in [7, 11) is 0. The van der Waals surface area contributed by atoms with Crippen LogP contribution in [0.1, 0.15) is 21.5 Å². The van der Waals surface area contributed by atoms with Crippen LogP contribution in [0.25, 0.3) is 28.3 Å². The second-order valence-corrected chi connectivity index (χ2v) is 15.5. The highest BCUT2D eigenvalue weighted by atomic mass is 19.2. The quantitative estimate of drug-likeness (QED) is 0.0446. The zero-order valence-corrected chi connectivity index (χ0v) is 38.0. The number of ether oxygens (including phenoxy) is 3. The maximum atomic E-state index is 15.9. The van der Waals surface area contributed by atoms with Gasteiger partial charge in [0.2, 0.25) is 17.6 Å². The van der Waals surface area contributed by atoms with Gasteiger partial charge in [-0.3, -0.25) is 14.4 Å². The number of nitrogens with one attached hydrogen (secondary N) is 3. The van der Waals surface area contributed by atoms with Gasteiger partial charge in [0.15, 0.2) is 11.6 Å². The molecule has 7 N–H and O–H groups in total. The van der Waals surface area contributed by atoms with Crippen LogP contribution in [-0.4, -0.2) is 37.7 Å². The second kappa shape index (κ2) is 22.1. The number of carbonyl (C=O) groups is 3. The third kappa shape index (κ3) is 11.7. The third-order valence-electron chi connectivity index (χ3n) is 10.5. The average molecular weight is 974 g/mol. The number of nitrogen functional groups attached to an aromatic ring is 2. The predicted octanol–water partition coefficient (Wildman–Crippen LogP) is 10.0. The molecule has 0 atom stereocenters. The van der Waals surface area contributed by atoms with E-state index in [1.165, 1.54) is 54.9 Å². The van der Waals surface area contributed by atoms with Crippen LogP contribution in [0.15, 0.2) is 170 Å². The largest absolute Gasteiger partial charge is 0.486 e. The highest BCUT2D eigenvalue weighted by Crippen LogP contribution is 2.40. The van der Waals surface area contributed by atoms with Crippen LogP contribution in [-0.2, 0) is 16.2 Å². The highest BCUT2D eigenvalue weighted by molar-refractivity contribution is 6.10. The Hall–Kier alpha value is -10.8. The molecule has 19 heteroatoms. The van der Waals surface area contributed by atoms with Crippen molar-refractivity contribution in [2.75, 3.05) is 27.4 Å². The SMILES string of the molecule is C=C(C#N)C(=O)Nc1cccc(Oc2ncnc(N)c2-c2ccc(OCc3cccc(C=C(C#N)C(=O)Nc4cccc(Oc5ncnc(N)c5-c5ccc(C(=O)Nc6ccccc6)cc5)c4)c3)c(F)c2F)c1. The molecular weight excluding hydrogens is 937 g/mol. The Morgan fingerprint density at radius 3 is 1.88 bits per heavy atom. The number of hydrogen-bond acceptors (Lipinski definition) is 14. The van der Waals surface area contributed by atoms with Crippen LogP contribution in [0, 0.1) is 34.3 Å². The first-order valence-corrected chi connectivity index (χ1v) is 21.6. The van der Waals surface area contributed by atoms with Gasteiger partial charge in [0, 0.05) is 40.3 Å². The van der Waals surface area contributed by atoms with Crippen molar-refractivity contribution in [1.29, 1.82) is 10.5 Å². The van der Waals surface area contributed by atoms with E-state index in [9.17, 15) is 19.6 Å². The second-order valence-electron chi connectivity index (χ2n) is 15.5. The van der Waals surface area contributed by atoms with Crippen LogP contribution in [0.3, 0.4) is 0 Å². The van der Waals surface area contributed by atoms with E-state index in [1.54, 1.807) is 84.9 Å². The summed E-state index contributed by atoms with van der Waals surface area (Å²) in [6.07, 6.45) is 3.66. The molecule has 0 bridgehead atoms. The number of hydrogen-bond donors (Lipinski definition) is 5. The lowest BCUT2D eigenvalue weighted by Crippen LogP contribution is -2.13. The fraction of sp³-hybridized carbons (Fsp3) is 0.0185. The zero-order valence-electron chi connectivity index (χ0n) is 38.0. The number of nitrogens with zero attached hydrogens (tertiary/aromatic N) is 6. The number of rotatable bonds is 16. The summed E-state index contributed by atoms with van der Waals surface area (Å²) in [6, 6.07) is 40.6. The number of amides is 3. The molecule has 8 rings (SSSR count). The van der Waals surface area contributed by atoms with Crippen LogP contribution >= 0.6 is 0 Å². The Bertz CT molecular complexity index is 3560. The molecule has 0 spiro atoms. The molecule has 0 saturated carbocycles. The molecule has 17 nitrogen and oxygen atoms in total. The van der Waals surface area contributed by atoms with E-state index in [-0.39, 0.29) is 81.1 Å². The lowest BCUT2D eigenvalue weighted by atomic mass is 10.0. The molecule has 0 aliphatic carbocycles. The molecule has 0 unspecified atom stereocenters. The van der Waals surface area contributed by atoms with E-state index in [2.05, 4.69) is 42.5 Å². The normalized spacial score (nSPS) is 10.8. The van der Waals surface area contributed by atoms with Crippen molar-refractivity contribution in [2.24, 2.45) is 0 Å². The Kier molecular flexibility index (Phi) is 14.7. The number of nitrogens with two attached hydrogens (primary N) is 2. The maximum Gasteiger partial charge on any atom is 0.266 e. The van der Waals surface area contributed by atoms with Gasteiger partial charge >= 0.3 is 0 Å². The summed E-state index contributed by atoms with van der Waals surface area (Å²) in [4.78, 5) is 54.8. The number of para-hydroxylation sites is 1. The van der Waals surface area contributed by atoms with E-state index >= 15 is 8.78 Å². The molecule has 2 heterocycles. The molecule has 0 aliphatic heterocycles. The van der Waals surface area contributed by atoms with E-state index < -0.39 is 29.2 Å². The molecule has 0 saturated heterocycles. The molecule has 6 aromatic carbocycles. The van der Waals surface area contributed by atoms with Crippen molar-refractivity contribution in [3.8, 4) is 63.4 Å². The smallest absolute Gasteiger partial charge is 0.266 e. The zero-order chi connectivity index (χ0) is 51.4. The maximum absolute atomic E-state index is 15.9. The minimum atomic E-state index is -1.35. The average Bonchev–Trinajstić information content (AvgIpc) is 3.39. The van der Waals surface area contributed by atoms with Crippen LogP contribution < -0.4 is 41.6 Å². The Morgan fingerprint density at radius 2 is 1.23 bits per heavy atom. The van der Waals surface area contributed by atoms with Crippen LogP contribution in [0.5, 0.6) is 29.0 Å². The fourth-order valence-corrected chi connectivity index (χ4v) is 7.00. The molecule has 358 valence electrons. The van der Waals surface area contributed by atoms with Gasteiger partial charge in [0.25, 0.3) is 17.7 Å². The van der Waals surface area contributed by atoms with Crippen molar-refractivity contribution in [3.05, 3.63) is 198 Å². The summed E-state index contributed by atoms with van der Waals surface area (Å²) in [6.45, 7) is 3.13. The summed E-state index contributed by atoms with van der Waals surface area (Å²) in [5.74, 6) is -4.72. The highest BCUT2D eigenvalue weighted by Gasteiger charge is 2.23. The summed E-state index contributed by atoms with van der Waals surface area (Å²) in [5, 5.41) is 27.0. The van der Waals surface area contributed by atoms with E-state index in [4.69, 9.17) is 30.9 Å². The van der Waals surface area contributed by atoms with Gasteiger partial charge in [-0.05, 0) is 89.5 Å². The number of aromatic nitrogens is 4. The molecular formula is C54H37F2N11O6. The van der Waals surface area contributed by atoms with Crippen molar-refractivity contribution in [3.63, 3.8) is 0 Å². The van der Waals surface area contributed by atoms with Gasteiger partial charge in [-0.25, -0.2) is 24.3 Å². The van der Waals surface area contributed by atoms with E-state index in [1.807, 2.05) is 24.3 Å². The monoisotopic (exact) mass is 973 g/mol. The van der Waals surface area contributed by atoms with Crippen molar-refractivity contribution >= 4 is 52.5 Å². The van der Waals surface area contributed by atoms with E-state index in [0.29, 0.717) is 33.5 Å². The van der Waals surface area contributed by atoms with Gasteiger partial charge in [0.05, 0.1) is 11.1 Å². The summed E-state index contributed by atoms with van der Waals surface area (Å²) in [5.41, 5.74) is 14.8. The van der Waals surface area contributed by atoms with Gasteiger partial charge < -0.3 is 41.6 Å². The minimum Gasteiger partial charge on any atom is -0.486 e. The predicted molar refractivity (Wildman–Crippen MR) is 267 cm³/mol. The molecule has 0 radical (unpaired) electrons. The van der Waals surface area contributed by atoms with Crippen molar-refractivity contribution in [1.82, 2.24) is 19.9 Å². The van der Waals surface area contributed by atoms with Gasteiger partial charge in [0.1, 0.15) is 65.7 Å². The van der Waals surface area contributed by atoms with Gasteiger partial charge in [-0.1, -0.05) is 67.2 Å². The number of benzene rings is 6. The van der Waals surface area contributed by atoms with Crippen molar-refractivity contribution in [2.45, 2.75) is 6.61 Å². The topological polar surface area (TPSA) is 266 Å². The van der Waals surface area contributed by atoms with Gasteiger partial charge in [-0.2, -0.15) is 14.9 Å².